The first-order valence-electron chi connectivity index (χ1n) is 7.57. The molecule has 1 aromatic heterocycles. The van der Waals surface area contributed by atoms with Gasteiger partial charge in [-0.25, -0.2) is 0 Å². The van der Waals surface area contributed by atoms with E-state index in [0.717, 1.165) is 50.6 Å². The van der Waals surface area contributed by atoms with E-state index in [1.54, 1.807) is 7.11 Å². The van der Waals surface area contributed by atoms with Gasteiger partial charge in [0.15, 0.2) is 0 Å². The summed E-state index contributed by atoms with van der Waals surface area (Å²) in [5, 5.41) is 3.49. The Bertz CT molecular complexity index is 370. The van der Waals surface area contributed by atoms with Crippen LogP contribution in [0.5, 0.6) is 0 Å². The summed E-state index contributed by atoms with van der Waals surface area (Å²) in [6.07, 6.45) is 1.16. The molecule has 0 saturated carbocycles. The molecular formula is C16H29N3O. The fraction of sp³-hybridized carbons (Fsp3) is 0.688. The van der Waals surface area contributed by atoms with Gasteiger partial charge in [0.05, 0.1) is 12.3 Å². The molecule has 1 rings (SSSR count). The Morgan fingerprint density at radius 2 is 2.15 bits per heavy atom. The number of nitrogens with one attached hydrogen (secondary N) is 1. The maximum absolute atomic E-state index is 5.38. The second-order valence-corrected chi connectivity index (χ2v) is 5.15. The molecule has 1 atom stereocenters. The van der Waals surface area contributed by atoms with Crippen molar-refractivity contribution in [1.82, 2.24) is 15.2 Å². The van der Waals surface area contributed by atoms with Crippen LogP contribution in [0.4, 0.5) is 0 Å². The van der Waals surface area contributed by atoms with Crippen LogP contribution in [0.25, 0.3) is 0 Å². The molecule has 20 heavy (non-hydrogen) atoms. The molecule has 4 heteroatoms. The molecule has 1 aromatic rings. The van der Waals surface area contributed by atoms with Crippen molar-refractivity contribution < 1.29 is 4.74 Å². The zero-order valence-electron chi connectivity index (χ0n) is 13.4. The number of ether oxygens (including phenoxy) is 1. The number of hydrogen-bond donors (Lipinski definition) is 1. The molecule has 0 saturated heterocycles. The fourth-order valence-electron chi connectivity index (χ4n) is 2.33. The SMILES string of the molecule is CCCNCC(COC)N(CC)Cc1cccc(C)n1. The van der Waals surface area contributed by atoms with E-state index in [0.29, 0.717) is 6.04 Å². The van der Waals surface area contributed by atoms with Crippen molar-refractivity contribution in [3.05, 3.63) is 29.6 Å². The molecule has 4 nitrogen and oxygen atoms in total. The van der Waals surface area contributed by atoms with Crippen molar-refractivity contribution in [3.8, 4) is 0 Å². The lowest BCUT2D eigenvalue weighted by Gasteiger charge is -2.30. The lowest BCUT2D eigenvalue weighted by molar-refractivity contribution is 0.0871. The highest BCUT2D eigenvalue weighted by Crippen LogP contribution is 2.07. The average molecular weight is 279 g/mol. The zero-order chi connectivity index (χ0) is 14.8. The summed E-state index contributed by atoms with van der Waals surface area (Å²) in [6, 6.07) is 6.60. The van der Waals surface area contributed by atoms with Crippen molar-refractivity contribution in [3.63, 3.8) is 0 Å². The van der Waals surface area contributed by atoms with Gasteiger partial charge >= 0.3 is 0 Å². The molecule has 0 aliphatic carbocycles. The number of likely N-dealkylation sites (N-methyl/N-ethyl adjacent to an activating group) is 1. The van der Waals surface area contributed by atoms with Gasteiger partial charge in [-0.1, -0.05) is 19.9 Å². The van der Waals surface area contributed by atoms with E-state index in [2.05, 4.69) is 41.2 Å². The van der Waals surface area contributed by atoms with E-state index in [1.807, 2.05) is 13.0 Å². The Morgan fingerprint density at radius 1 is 1.35 bits per heavy atom. The van der Waals surface area contributed by atoms with Crippen molar-refractivity contribution in [1.29, 1.82) is 0 Å². The Hall–Kier alpha value is -0.970. The number of rotatable bonds is 10. The standard InChI is InChI=1S/C16H29N3O/c1-5-10-17-11-16(13-20-4)19(6-2)12-15-9-7-8-14(3)18-15/h7-9,16-17H,5-6,10-13H2,1-4H3. The maximum atomic E-state index is 5.38. The second kappa shape index (κ2) is 9.86. The summed E-state index contributed by atoms with van der Waals surface area (Å²) in [6.45, 7) is 11.1. The molecule has 0 fully saturated rings. The lowest BCUT2D eigenvalue weighted by Crippen LogP contribution is -2.45. The molecule has 1 unspecified atom stereocenters. The number of aryl methyl sites for hydroxylation is 1. The molecule has 0 aromatic carbocycles. The molecule has 0 amide bonds. The van der Waals surface area contributed by atoms with Gasteiger partial charge in [-0.2, -0.15) is 0 Å². The van der Waals surface area contributed by atoms with E-state index in [-0.39, 0.29) is 0 Å². The first-order valence-corrected chi connectivity index (χ1v) is 7.57. The topological polar surface area (TPSA) is 37.4 Å². The van der Waals surface area contributed by atoms with Crippen LogP contribution < -0.4 is 5.32 Å². The van der Waals surface area contributed by atoms with Crippen LogP contribution in [0.15, 0.2) is 18.2 Å². The first kappa shape index (κ1) is 17.1. The van der Waals surface area contributed by atoms with Gasteiger partial charge in [-0.15, -0.1) is 0 Å². The van der Waals surface area contributed by atoms with Crippen molar-refractivity contribution in [2.24, 2.45) is 0 Å². The summed E-state index contributed by atoms with van der Waals surface area (Å²) in [5.41, 5.74) is 2.20. The number of methoxy groups -OCH3 is 1. The van der Waals surface area contributed by atoms with Gasteiger partial charge in [0, 0.05) is 31.9 Å². The van der Waals surface area contributed by atoms with Gasteiger partial charge < -0.3 is 10.1 Å². The normalized spacial score (nSPS) is 12.8. The van der Waals surface area contributed by atoms with Crippen LogP contribution in [0.1, 0.15) is 31.7 Å². The fourth-order valence-corrected chi connectivity index (χ4v) is 2.33. The molecule has 0 aliphatic heterocycles. The number of aromatic nitrogens is 1. The summed E-state index contributed by atoms with van der Waals surface area (Å²) in [7, 11) is 1.77. The number of pyridine rings is 1. The van der Waals surface area contributed by atoms with Crippen LogP contribution in [0, 0.1) is 6.92 Å². The molecule has 114 valence electrons. The van der Waals surface area contributed by atoms with E-state index < -0.39 is 0 Å². The highest BCUT2D eigenvalue weighted by atomic mass is 16.5. The minimum Gasteiger partial charge on any atom is -0.383 e. The predicted molar refractivity (Wildman–Crippen MR) is 83.9 cm³/mol. The van der Waals surface area contributed by atoms with Gasteiger partial charge in [-0.05, 0) is 38.6 Å². The van der Waals surface area contributed by atoms with Crippen LogP contribution in [0.2, 0.25) is 0 Å². The zero-order valence-corrected chi connectivity index (χ0v) is 13.4. The van der Waals surface area contributed by atoms with Crippen LogP contribution in [-0.2, 0) is 11.3 Å². The molecule has 0 aliphatic rings. The Labute approximate surface area is 123 Å². The van der Waals surface area contributed by atoms with Crippen molar-refractivity contribution in [2.75, 3.05) is 33.4 Å². The molecule has 0 bridgehead atoms. The number of nitrogens with zero attached hydrogens (tertiary/aromatic N) is 2. The minimum atomic E-state index is 0.388. The quantitative estimate of drug-likeness (QED) is 0.667. The largest absolute Gasteiger partial charge is 0.383 e. The van der Waals surface area contributed by atoms with Crippen molar-refractivity contribution >= 4 is 0 Å². The number of hydrogen-bond acceptors (Lipinski definition) is 4. The predicted octanol–water partition coefficient (Wildman–Crippen LogP) is 2.23. The highest BCUT2D eigenvalue weighted by Gasteiger charge is 2.17. The second-order valence-electron chi connectivity index (χ2n) is 5.15. The lowest BCUT2D eigenvalue weighted by atomic mass is 10.2. The van der Waals surface area contributed by atoms with E-state index in [1.165, 1.54) is 0 Å². The molecule has 0 spiro atoms. The Balaban J connectivity index is 2.63. The summed E-state index contributed by atoms with van der Waals surface area (Å²) < 4.78 is 5.38. The van der Waals surface area contributed by atoms with Crippen LogP contribution in [-0.4, -0.2) is 49.3 Å². The average Bonchev–Trinajstić information content (AvgIpc) is 2.44. The Kier molecular flexibility index (Phi) is 8.42. The van der Waals surface area contributed by atoms with Gasteiger partial charge in [0.2, 0.25) is 0 Å². The maximum Gasteiger partial charge on any atom is 0.0630 e. The van der Waals surface area contributed by atoms with E-state index in [4.69, 9.17) is 4.74 Å². The van der Waals surface area contributed by atoms with Gasteiger partial charge in [-0.3, -0.25) is 9.88 Å². The molecule has 0 radical (unpaired) electrons. The molecular weight excluding hydrogens is 250 g/mol. The highest BCUT2D eigenvalue weighted by molar-refractivity contribution is 5.10. The van der Waals surface area contributed by atoms with Gasteiger partial charge in [0.25, 0.3) is 0 Å². The first-order chi connectivity index (χ1) is 9.71. The summed E-state index contributed by atoms with van der Waals surface area (Å²) in [5.74, 6) is 0. The minimum absolute atomic E-state index is 0.388. The van der Waals surface area contributed by atoms with Gasteiger partial charge in [0.1, 0.15) is 0 Å². The van der Waals surface area contributed by atoms with Crippen molar-refractivity contribution in [2.45, 2.75) is 39.8 Å². The summed E-state index contributed by atoms with van der Waals surface area (Å²) in [4.78, 5) is 7.02. The van der Waals surface area contributed by atoms with Crippen LogP contribution >= 0.6 is 0 Å². The third kappa shape index (κ3) is 5.99. The summed E-state index contributed by atoms with van der Waals surface area (Å²) >= 11 is 0. The van der Waals surface area contributed by atoms with E-state index in [9.17, 15) is 0 Å². The Morgan fingerprint density at radius 3 is 2.75 bits per heavy atom. The third-order valence-electron chi connectivity index (χ3n) is 3.40. The van der Waals surface area contributed by atoms with Crippen LogP contribution in [0.3, 0.4) is 0 Å². The smallest absolute Gasteiger partial charge is 0.0630 e. The molecule has 1 N–H and O–H groups in total. The third-order valence-corrected chi connectivity index (χ3v) is 3.40. The monoisotopic (exact) mass is 279 g/mol. The van der Waals surface area contributed by atoms with E-state index >= 15 is 0 Å². The molecule has 1 heterocycles.